The molecule has 15 aromatic rings. The van der Waals surface area contributed by atoms with E-state index < -0.39 is 0 Å². The number of fused-ring (bicyclic) bond motifs is 13. The van der Waals surface area contributed by atoms with Gasteiger partial charge in [-0.15, -0.1) is 0 Å². The number of para-hydroxylation sites is 3. The maximum absolute atomic E-state index is 7.07. The Morgan fingerprint density at radius 1 is 0.364 bits per heavy atom. The van der Waals surface area contributed by atoms with Crippen LogP contribution in [0, 0.1) is 6.92 Å². The molecular weight excluding hydrogens is 939 g/mol. The average Bonchev–Trinajstić information content (AvgIpc) is 4.43. The molecule has 77 heavy (non-hydrogen) atoms. The van der Waals surface area contributed by atoms with E-state index in [1.807, 2.05) is 18.2 Å². The molecule has 0 saturated heterocycles. The molecule has 0 amide bonds. The van der Waals surface area contributed by atoms with Crippen molar-refractivity contribution in [2.75, 3.05) is 4.90 Å². The zero-order valence-electron chi connectivity index (χ0n) is 42.1. The summed E-state index contributed by atoms with van der Waals surface area (Å²) in [6.45, 7) is 6.14. The number of aryl methyl sites for hydroxylation is 1. The lowest BCUT2D eigenvalue weighted by Crippen LogP contribution is -2.10. The molecule has 0 radical (unpaired) electrons. The lowest BCUT2D eigenvalue weighted by Gasteiger charge is -2.26. The number of nitrogens with zero attached hydrogens (tertiary/aromatic N) is 1. The first-order valence-corrected chi connectivity index (χ1v) is 26.2. The fraction of sp³-hybridized carbons (Fsp3) is 0.0137. The van der Waals surface area contributed by atoms with Crippen LogP contribution in [-0.4, -0.2) is 0 Å². The predicted molar refractivity (Wildman–Crippen MR) is 324 cm³/mol. The van der Waals surface area contributed by atoms with Crippen LogP contribution < -0.4 is 4.90 Å². The second-order valence-electron chi connectivity index (χ2n) is 19.9. The van der Waals surface area contributed by atoms with Crippen LogP contribution >= 0.6 is 0 Å². The molecule has 0 unspecified atom stereocenters. The average molecular weight is 986 g/mol. The minimum absolute atomic E-state index is 0.825. The van der Waals surface area contributed by atoms with Crippen molar-refractivity contribution in [2.45, 2.75) is 6.92 Å². The van der Waals surface area contributed by atoms with Crippen molar-refractivity contribution in [3.63, 3.8) is 0 Å². The summed E-state index contributed by atoms with van der Waals surface area (Å²) < 4.78 is 21.1. The Morgan fingerprint density at radius 3 is 1.43 bits per heavy atom. The fourth-order valence-electron chi connectivity index (χ4n) is 12.0. The Labute approximate surface area is 444 Å². The molecule has 362 valence electrons. The second kappa shape index (κ2) is 17.8. The van der Waals surface area contributed by atoms with E-state index in [1.165, 1.54) is 10.8 Å². The molecule has 0 N–H and O–H groups in total. The van der Waals surface area contributed by atoms with Crippen LogP contribution in [0.15, 0.2) is 269 Å². The normalized spacial score (nSPS) is 12.0. The number of furan rings is 3. The van der Waals surface area contributed by atoms with Crippen LogP contribution in [0.2, 0.25) is 0 Å². The van der Waals surface area contributed by atoms with E-state index in [-0.39, 0.29) is 0 Å². The Hall–Kier alpha value is -10.2. The van der Waals surface area contributed by atoms with E-state index in [2.05, 4.69) is 255 Å². The first-order valence-electron chi connectivity index (χ1n) is 26.2. The maximum atomic E-state index is 7.07. The third-order valence-corrected chi connectivity index (χ3v) is 15.6. The molecule has 0 aliphatic carbocycles. The topological polar surface area (TPSA) is 42.7 Å². The smallest absolute Gasteiger partial charge is 0.160 e. The molecule has 4 nitrogen and oxygen atoms in total. The minimum Gasteiger partial charge on any atom is -0.455 e. The van der Waals surface area contributed by atoms with Gasteiger partial charge in [0.05, 0.1) is 5.69 Å². The monoisotopic (exact) mass is 985 g/mol. The van der Waals surface area contributed by atoms with Crippen LogP contribution in [-0.2, 0) is 0 Å². The molecule has 0 fully saturated rings. The zero-order valence-corrected chi connectivity index (χ0v) is 42.1. The number of rotatable bonds is 9. The highest BCUT2D eigenvalue weighted by Crippen LogP contribution is 2.49. The van der Waals surface area contributed by atoms with Gasteiger partial charge in [0.1, 0.15) is 27.9 Å². The van der Waals surface area contributed by atoms with Gasteiger partial charge >= 0.3 is 0 Å². The number of allylic oxidation sites excluding steroid dienone is 2. The molecule has 15 rings (SSSR count). The van der Waals surface area contributed by atoms with E-state index in [1.54, 1.807) is 0 Å². The highest BCUT2D eigenvalue weighted by molar-refractivity contribution is 6.25. The van der Waals surface area contributed by atoms with E-state index in [4.69, 9.17) is 13.3 Å². The Bertz CT molecular complexity index is 4860. The van der Waals surface area contributed by atoms with Crippen molar-refractivity contribution in [3.8, 4) is 44.5 Å². The van der Waals surface area contributed by atoms with Gasteiger partial charge in [-0.3, -0.25) is 0 Å². The second-order valence-corrected chi connectivity index (χ2v) is 19.9. The van der Waals surface area contributed by atoms with Gasteiger partial charge in [0.15, 0.2) is 5.58 Å². The highest BCUT2D eigenvalue weighted by atomic mass is 16.3. The van der Waals surface area contributed by atoms with Gasteiger partial charge in [0.2, 0.25) is 0 Å². The third-order valence-electron chi connectivity index (χ3n) is 15.6. The summed E-state index contributed by atoms with van der Waals surface area (Å²) in [7, 11) is 0. The zero-order chi connectivity index (χ0) is 51.1. The molecule has 0 aliphatic heterocycles. The number of benzene rings is 12. The van der Waals surface area contributed by atoms with Crippen LogP contribution in [0.25, 0.3) is 138 Å². The first-order chi connectivity index (χ1) is 38.1. The summed E-state index contributed by atoms with van der Waals surface area (Å²) in [5.41, 5.74) is 18.9. The van der Waals surface area contributed by atoms with E-state index in [9.17, 15) is 0 Å². The Kier molecular flexibility index (Phi) is 10.2. The van der Waals surface area contributed by atoms with Crippen LogP contribution in [0.3, 0.4) is 0 Å². The summed E-state index contributed by atoms with van der Waals surface area (Å²) in [4.78, 5) is 2.33. The molecule has 4 heteroatoms. The molecule has 0 aliphatic rings. The summed E-state index contributed by atoms with van der Waals surface area (Å²) in [5, 5.41) is 11.2. The predicted octanol–water partition coefficient (Wildman–Crippen LogP) is 21.3. The van der Waals surface area contributed by atoms with Gasteiger partial charge in [0.25, 0.3) is 0 Å². The standard InChI is InChI=1S/C73H47NO3/c1-3-4-19-50-42-62(46-20-7-5-8-21-46)71-66(45(50)2)60-31-17-29-57(69(60)76-71)48-34-38-53(39-35-48)74(64-44-52-25-12-14-27-56(52)67-59-28-15-16-33-65(59)75-73(64)67)54-40-36-49(37-41-54)58-30-18-32-61-68-55-26-13-11-24-51(55)43-63(72(68)77-70(58)61)47-22-9-6-10-23-47/h3-44H,1H2,2H3/b19-4-. The van der Waals surface area contributed by atoms with Crippen molar-refractivity contribution in [1.29, 1.82) is 0 Å². The lowest BCUT2D eigenvalue weighted by atomic mass is 9.93. The lowest BCUT2D eigenvalue weighted by molar-refractivity contribution is 0.669. The summed E-state index contributed by atoms with van der Waals surface area (Å²) in [5.74, 6) is 0. The van der Waals surface area contributed by atoms with Gasteiger partial charge in [0, 0.05) is 65.9 Å². The summed E-state index contributed by atoms with van der Waals surface area (Å²) in [6.07, 6.45) is 5.95. The van der Waals surface area contributed by atoms with E-state index >= 15 is 0 Å². The molecule has 3 heterocycles. The number of hydrogen-bond donors (Lipinski definition) is 0. The van der Waals surface area contributed by atoms with Gasteiger partial charge in [-0.2, -0.15) is 0 Å². The summed E-state index contributed by atoms with van der Waals surface area (Å²) >= 11 is 0. The first kappa shape index (κ1) is 44.3. The van der Waals surface area contributed by atoms with Crippen molar-refractivity contribution in [3.05, 3.63) is 266 Å². The summed E-state index contributed by atoms with van der Waals surface area (Å²) in [6, 6.07) is 84.2. The molecule has 0 spiro atoms. The largest absolute Gasteiger partial charge is 0.455 e. The molecular formula is C73H47NO3. The van der Waals surface area contributed by atoms with Crippen LogP contribution in [0.1, 0.15) is 11.1 Å². The third kappa shape index (κ3) is 7.07. The quantitative estimate of drug-likeness (QED) is 0.135. The fourth-order valence-corrected chi connectivity index (χ4v) is 12.0. The highest BCUT2D eigenvalue weighted by Gasteiger charge is 2.25. The maximum Gasteiger partial charge on any atom is 0.160 e. The van der Waals surface area contributed by atoms with E-state index in [0.29, 0.717) is 0 Å². The van der Waals surface area contributed by atoms with Crippen LogP contribution in [0.5, 0.6) is 0 Å². The Morgan fingerprint density at radius 2 is 0.831 bits per heavy atom. The minimum atomic E-state index is 0.825. The molecule has 3 aromatic heterocycles. The van der Waals surface area contributed by atoms with Gasteiger partial charge in [-0.1, -0.05) is 213 Å². The number of anilines is 3. The molecule has 0 saturated carbocycles. The molecule has 12 aromatic carbocycles. The number of hydrogen-bond acceptors (Lipinski definition) is 4. The van der Waals surface area contributed by atoms with Gasteiger partial charge in [-0.05, 0) is 110 Å². The van der Waals surface area contributed by atoms with Crippen LogP contribution in [0.4, 0.5) is 17.1 Å². The van der Waals surface area contributed by atoms with Crippen molar-refractivity contribution < 1.29 is 13.3 Å². The van der Waals surface area contributed by atoms with E-state index in [0.717, 1.165) is 149 Å². The SMILES string of the molecule is C=C/C=C\c1cc(-c2ccccc2)c2oc3c(-c4ccc(N(c5ccc(-c6cccc7c6oc6c(-c8ccccc8)cc8ccccc8c67)cc5)c5cc6ccccc6c6c5oc5ccccc56)cc4)cccc3c2c1C. The molecule has 0 bridgehead atoms. The van der Waals surface area contributed by atoms with Crippen molar-refractivity contribution in [1.82, 2.24) is 0 Å². The Balaban J connectivity index is 0.899. The van der Waals surface area contributed by atoms with Gasteiger partial charge in [-0.25, -0.2) is 0 Å². The van der Waals surface area contributed by atoms with Crippen molar-refractivity contribution in [2.24, 2.45) is 0 Å². The molecule has 0 atom stereocenters. The van der Waals surface area contributed by atoms with Gasteiger partial charge < -0.3 is 18.2 Å². The van der Waals surface area contributed by atoms with Crippen molar-refractivity contribution >= 4 is 110 Å².